The highest BCUT2D eigenvalue weighted by molar-refractivity contribution is 7.79. The molecule has 7 heteroatoms. The molecule has 0 unspecified atom stereocenters. The zero-order valence-electron chi connectivity index (χ0n) is 12.0. The van der Waals surface area contributed by atoms with Crippen LogP contribution in [0.5, 0.6) is 0 Å². The van der Waals surface area contributed by atoms with E-state index in [0.717, 1.165) is 24.3 Å². The van der Waals surface area contributed by atoms with E-state index >= 15 is 0 Å². The van der Waals surface area contributed by atoms with Crippen LogP contribution >= 0.6 is 19.5 Å². The zero-order chi connectivity index (χ0) is 17.3. The third kappa shape index (κ3) is 3.42. The third-order valence-electron chi connectivity index (χ3n) is 3.25. The highest BCUT2D eigenvalue weighted by Crippen LogP contribution is 2.33. The van der Waals surface area contributed by atoms with Crippen LogP contribution in [0.1, 0.15) is 0 Å². The molecule has 1 aromatic heterocycles. The molecule has 0 fully saturated rings. The molecule has 0 aliphatic carbocycles. The van der Waals surface area contributed by atoms with Crippen molar-refractivity contribution in [2.75, 3.05) is 0 Å². The summed E-state index contributed by atoms with van der Waals surface area (Å²) in [6.07, 6.45) is 0. The van der Waals surface area contributed by atoms with Crippen LogP contribution < -0.4 is 16.0 Å². The Labute approximate surface area is 141 Å². The van der Waals surface area contributed by atoms with Gasteiger partial charge in [0.25, 0.3) is 0 Å². The Hall–Kier alpha value is -1.97. The standard InChI is InChI=1S/C17H9ClF4NP/c18-16-2-1-3-17(23-16)24(10-4-6-12(19)14(21)8-10)11-5-7-13(20)15(22)9-11/h1-9H. The van der Waals surface area contributed by atoms with Crippen molar-refractivity contribution in [1.82, 2.24) is 4.98 Å². The van der Waals surface area contributed by atoms with Gasteiger partial charge >= 0.3 is 0 Å². The minimum absolute atomic E-state index is 0.213. The molecule has 0 bridgehead atoms. The third-order valence-corrected chi connectivity index (χ3v) is 5.76. The average molecular weight is 370 g/mol. The maximum absolute atomic E-state index is 13.6. The maximum Gasteiger partial charge on any atom is 0.159 e. The molecular weight excluding hydrogens is 361 g/mol. The van der Waals surface area contributed by atoms with Gasteiger partial charge in [-0.2, -0.15) is 0 Å². The van der Waals surface area contributed by atoms with Crippen molar-refractivity contribution in [3.8, 4) is 0 Å². The first kappa shape index (κ1) is 16.9. The molecule has 3 rings (SSSR count). The minimum atomic E-state index is -1.53. The first-order valence-corrected chi connectivity index (χ1v) is 8.50. The van der Waals surface area contributed by atoms with Crippen molar-refractivity contribution in [3.63, 3.8) is 0 Å². The van der Waals surface area contributed by atoms with E-state index < -0.39 is 31.2 Å². The summed E-state index contributed by atoms with van der Waals surface area (Å²) in [5.74, 6) is -4.02. The van der Waals surface area contributed by atoms with Crippen LogP contribution in [0.25, 0.3) is 0 Å². The molecule has 0 amide bonds. The van der Waals surface area contributed by atoms with E-state index in [1.165, 1.54) is 12.1 Å². The van der Waals surface area contributed by atoms with Crippen LogP contribution in [0, 0.1) is 23.3 Å². The summed E-state index contributed by atoms with van der Waals surface area (Å²) in [5, 5.41) is 1.03. The summed E-state index contributed by atoms with van der Waals surface area (Å²) < 4.78 is 53.8. The lowest BCUT2D eigenvalue weighted by Gasteiger charge is -2.18. The molecule has 3 aromatic rings. The molecule has 0 aliphatic heterocycles. The maximum atomic E-state index is 13.6. The van der Waals surface area contributed by atoms with Gasteiger partial charge in [0.15, 0.2) is 23.3 Å². The van der Waals surface area contributed by atoms with Gasteiger partial charge in [-0.15, -0.1) is 0 Å². The van der Waals surface area contributed by atoms with E-state index in [4.69, 9.17) is 11.6 Å². The molecule has 0 atom stereocenters. The molecule has 0 spiro atoms. The first-order chi connectivity index (χ1) is 11.5. The molecule has 0 saturated heterocycles. The molecule has 0 aliphatic rings. The van der Waals surface area contributed by atoms with Crippen LogP contribution in [0.15, 0.2) is 54.6 Å². The van der Waals surface area contributed by atoms with Crippen LogP contribution in [0.3, 0.4) is 0 Å². The van der Waals surface area contributed by atoms with E-state index in [1.807, 2.05) is 0 Å². The van der Waals surface area contributed by atoms with Crippen molar-refractivity contribution in [2.24, 2.45) is 0 Å². The molecule has 24 heavy (non-hydrogen) atoms. The smallest absolute Gasteiger partial charge is 0.159 e. The van der Waals surface area contributed by atoms with Crippen LogP contribution in [-0.4, -0.2) is 4.98 Å². The van der Waals surface area contributed by atoms with Crippen LogP contribution in [0.2, 0.25) is 5.15 Å². The number of nitrogens with zero attached hydrogens (tertiary/aromatic N) is 1. The van der Waals surface area contributed by atoms with Crippen molar-refractivity contribution in [3.05, 3.63) is 83.0 Å². The summed E-state index contributed by atoms with van der Waals surface area (Å²) in [6, 6.07) is 11.7. The highest BCUT2D eigenvalue weighted by Gasteiger charge is 2.21. The molecular formula is C17H9ClF4NP. The number of hydrogen-bond acceptors (Lipinski definition) is 1. The highest BCUT2D eigenvalue weighted by atomic mass is 35.5. The second kappa shape index (κ2) is 6.88. The molecule has 2 aromatic carbocycles. The fourth-order valence-electron chi connectivity index (χ4n) is 2.18. The molecule has 0 saturated carbocycles. The molecule has 0 N–H and O–H groups in total. The Morgan fingerprint density at radius 2 is 1.25 bits per heavy atom. The zero-order valence-corrected chi connectivity index (χ0v) is 13.6. The summed E-state index contributed by atoms with van der Waals surface area (Å²) >= 11 is 5.91. The van der Waals surface area contributed by atoms with Crippen molar-refractivity contribution < 1.29 is 17.6 Å². The quantitative estimate of drug-likeness (QED) is 0.385. The fourth-order valence-corrected chi connectivity index (χ4v) is 4.61. The van der Waals surface area contributed by atoms with Crippen molar-refractivity contribution in [2.45, 2.75) is 0 Å². The molecule has 122 valence electrons. The monoisotopic (exact) mass is 369 g/mol. The predicted molar refractivity (Wildman–Crippen MR) is 87.8 cm³/mol. The van der Waals surface area contributed by atoms with Crippen molar-refractivity contribution in [1.29, 1.82) is 0 Å². The minimum Gasteiger partial charge on any atom is -0.236 e. The van der Waals surface area contributed by atoms with Gasteiger partial charge in [-0.3, -0.25) is 0 Å². The van der Waals surface area contributed by atoms with Gasteiger partial charge in [-0.1, -0.05) is 29.8 Å². The van der Waals surface area contributed by atoms with Gasteiger partial charge in [0.05, 0.1) is 5.44 Å². The van der Waals surface area contributed by atoms with Gasteiger partial charge < -0.3 is 0 Å². The second-order valence-corrected chi connectivity index (χ2v) is 7.40. The molecule has 0 radical (unpaired) electrons. The number of halogens is 5. The SMILES string of the molecule is Fc1ccc(P(c2ccc(F)c(F)c2)c2cccc(Cl)n2)cc1F. The van der Waals surface area contributed by atoms with Crippen LogP contribution in [0.4, 0.5) is 17.6 Å². The van der Waals surface area contributed by atoms with Gasteiger partial charge in [0.2, 0.25) is 0 Å². The summed E-state index contributed by atoms with van der Waals surface area (Å²) in [5.41, 5.74) is 0.467. The Kier molecular flexibility index (Phi) is 4.83. The Morgan fingerprint density at radius 3 is 1.71 bits per heavy atom. The van der Waals surface area contributed by atoms with Crippen molar-refractivity contribution >= 4 is 35.6 Å². The molecule has 1 nitrogen and oxygen atoms in total. The molecule has 1 heterocycles. The number of benzene rings is 2. The average Bonchev–Trinajstić information content (AvgIpc) is 2.54. The Balaban J connectivity index is 2.20. The van der Waals surface area contributed by atoms with Crippen LogP contribution in [-0.2, 0) is 0 Å². The first-order valence-electron chi connectivity index (χ1n) is 6.78. The predicted octanol–water partition coefficient (Wildman–Crippen LogP) is 4.05. The number of hydrogen-bond donors (Lipinski definition) is 0. The normalized spacial score (nSPS) is 11.1. The number of aromatic nitrogens is 1. The lowest BCUT2D eigenvalue weighted by atomic mass is 10.3. The number of rotatable bonds is 3. The second-order valence-electron chi connectivity index (χ2n) is 4.85. The fraction of sp³-hybridized carbons (Fsp3) is 0. The Bertz CT molecular complexity index is 852. The van der Waals surface area contributed by atoms with Gasteiger partial charge in [-0.05, 0) is 47.0 Å². The van der Waals surface area contributed by atoms with Gasteiger partial charge in [0.1, 0.15) is 5.15 Å². The van der Waals surface area contributed by atoms with E-state index in [2.05, 4.69) is 4.98 Å². The summed E-state index contributed by atoms with van der Waals surface area (Å²) in [4.78, 5) is 4.19. The largest absolute Gasteiger partial charge is 0.236 e. The van der Waals surface area contributed by atoms with Gasteiger partial charge in [-0.25, -0.2) is 22.5 Å². The van der Waals surface area contributed by atoms with E-state index in [9.17, 15) is 17.6 Å². The lowest BCUT2D eigenvalue weighted by Crippen LogP contribution is -2.24. The number of pyridine rings is 1. The topological polar surface area (TPSA) is 12.9 Å². The lowest BCUT2D eigenvalue weighted by molar-refractivity contribution is 0.509. The summed E-state index contributed by atoms with van der Waals surface area (Å²) in [7, 11) is -1.53. The van der Waals surface area contributed by atoms with E-state index in [0.29, 0.717) is 16.0 Å². The van der Waals surface area contributed by atoms with Gasteiger partial charge in [0, 0.05) is 7.92 Å². The Morgan fingerprint density at radius 1 is 0.708 bits per heavy atom. The summed E-state index contributed by atoms with van der Waals surface area (Å²) in [6.45, 7) is 0. The van der Waals surface area contributed by atoms with E-state index in [-0.39, 0.29) is 5.15 Å². The van der Waals surface area contributed by atoms with E-state index in [1.54, 1.807) is 18.2 Å².